The highest BCUT2D eigenvalue weighted by molar-refractivity contribution is 5.92. The van der Waals surface area contributed by atoms with Gasteiger partial charge in [0.2, 0.25) is 5.91 Å². The van der Waals surface area contributed by atoms with Crippen LogP contribution in [0.3, 0.4) is 0 Å². The van der Waals surface area contributed by atoms with Crippen molar-refractivity contribution in [3.63, 3.8) is 0 Å². The number of rotatable bonds is 3. The number of benzene rings is 1. The Kier molecular flexibility index (Phi) is 4.33. The van der Waals surface area contributed by atoms with Crippen LogP contribution in [-0.2, 0) is 4.79 Å². The third-order valence-corrected chi connectivity index (χ3v) is 4.37. The molecular formula is C17H19FN4O2. The number of hydrogen-bond acceptors (Lipinski definition) is 3. The Morgan fingerprint density at radius 1 is 1.25 bits per heavy atom. The molecule has 0 spiro atoms. The van der Waals surface area contributed by atoms with E-state index in [1.165, 1.54) is 10.7 Å². The maximum absolute atomic E-state index is 13.9. The number of hydrogen-bond donors (Lipinski definition) is 1. The first-order chi connectivity index (χ1) is 11.5. The fourth-order valence-electron chi connectivity index (χ4n) is 2.98. The molecule has 1 aromatic carbocycles. The second-order valence-corrected chi connectivity index (χ2v) is 6.00. The number of nitrogens with two attached hydrogens (primary N) is 1. The number of amides is 2. The van der Waals surface area contributed by atoms with Crippen LogP contribution in [0.2, 0.25) is 0 Å². The predicted molar refractivity (Wildman–Crippen MR) is 86.1 cm³/mol. The maximum Gasteiger partial charge on any atom is 0.274 e. The van der Waals surface area contributed by atoms with Crippen molar-refractivity contribution in [2.75, 3.05) is 13.1 Å². The number of primary amides is 1. The molecule has 1 aliphatic heterocycles. The fourth-order valence-corrected chi connectivity index (χ4v) is 2.98. The average molecular weight is 330 g/mol. The molecule has 0 aliphatic carbocycles. The molecule has 7 heteroatoms. The molecule has 1 saturated heterocycles. The second kappa shape index (κ2) is 6.43. The summed E-state index contributed by atoms with van der Waals surface area (Å²) in [6.45, 7) is 2.71. The molecule has 2 heterocycles. The third-order valence-electron chi connectivity index (χ3n) is 4.37. The first-order valence-corrected chi connectivity index (χ1v) is 7.87. The van der Waals surface area contributed by atoms with Gasteiger partial charge in [0.15, 0.2) is 5.69 Å². The SMILES string of the molecule is Cc1cc(C(=O)N2CCC(C(N)=O)CC2)nn1-c1ccccc1F. The molecule has 6 nitrogen and oxygen atoms in total. The van der Waals surface area contributed by atoms with Gasteiger partial charge in [-0.2, -0.15) is 5.10 Å². The number of aryl methyl sites for hydroxylation is 1. The van der Waals surface area contributed by atoms with E-state index in [1.54, 1.807) is 36.1 Å². The quantitative estimate of drug-likeness (QED) is 0.929. The number of para-hydroxylation sites is 1. The third kappa shape index (κ3) is 3.02. The van der Waals surface area contributed by atoms with Crippen LogP contribution in [0.25, 0.3) is 5.69 Å². The van der Waals surface area contributed by atoms with Crippen molar-refractivity contribution < 1.29 is 14.0 Å². The maximum atomic E-state index is 13.9. The smallest absolute Gasteiger partial charge is 0.274 e. The van der Waals surface area contributed by atoms with E-state index in [0.717, 1.165) is 0 Å². The van der Waals surface area contributed by atoms with E-state index >= 15 is 0 Å². The number of halogens is 1. The first-order valence-electron chi connectivity index (χ1n) is 7.87. The largest absolute Gasteiger partial charge is 0.369 e. The Hall–Kier alpha value is -2.70. The number of likely N-dealkylation sites (tertiary alicyclic amines) is 1. The minimum absolute atomic E-state index is 0.174. The average Bonchev–Trinajstić information content (AvgIpc) is 2.96. The van der Waals surface area contributed by atoms with E-state index < -0.39 is 5.82 Å². The van der Waals surface area contributed by atoms with Gasteiger partial charge in [-0.3, -0.25) is 9.59 Å². The highest BCUT2D eigenvalue weighted by Crippen LogP contribution is 2.20. The lowest BCUT2D eigenvalue weighted by Gasteiger charge is -2.29. The van der Waals surface area contributed by atoms with Crippen molar-refractivity contribution in [2.45, 2.75) is 19.8 Å². The second-order valence-electron chi connectivity index (χ2n) is 6.00. The van der Waals surface area contributed by atoms with Crippen LogP contribution in [0, 0.1) is 18.7 Å². The lowest BCUT2D eigenvalue weighted by molar-refractivity contribution is -0.123. The van der Waals surface area contributed by atoms with Crippen molar-refractivity contribution in [3.05, 3.63) is 47.5 Å². The highest BCUT2D eigenvalue weighted by Gasteiger charge is 2.28. The molecule has 24 heavy (non-hydrogen) atoms. The van der Waals surface area contributed by atoms with Gasteiger partial charge in [0.05, 0.1) is 0 Å². The number of aromatic nitrogens is 2. The zero-order valence-electron chi connectivity index (χ0n) is 13.4. The zero-order valence-corrected chi connectivity index (χ0v) is 13.4. The summed E-state index contributed by atoms with van der Waals surface area (Å²) in [5, 5.41) is 4.26. The summed E-state index contributed by atoms with van der Waals surface area (Å²) in [5.41, 5.74) is 6.56. The topological polar surface area (TPSA) is 81.2 Å². The molecule has 0 radical (unpaired) electrons. The van der Waals surface area contributed by atoms with Gasteiger partial charge in [0.25, 0.3) is 5.91 Å². The molecule has 1 fully saturated rings. The zero-order chi connectivity index (χ0) is 17.3. The molecular weight excluding hydrogens is 311 g/mol. The van der Waals surface area contributed by atoms with E-state index in [1.807, 2.05) is 0 Å². The van der Waals surface area contributed by atoms with Gasteiger partial charge in [-0.25, -0.2) is 9.07 Å². The van der Waals surface area contributed by atoms with Crippen molar-refractivity contribution in [3.8, 4) is 5.69 Å². The number of piperidine rings is 1. The van der Waals surface area contributed by atoms with E-state index in [2.05, 4.69) is 5.10 Å². The van der Waals surface area contributed by atoms with Gasteiger partial charge in [-0.1, -0.05) is 12.1 Å². The molecule has 0 bridgehead atoms. The summed E-state index contributed by atoms with van der Waals surface area (Å²) < 4.78 is 15.4. The lowest BCUT2D eigenvalue weighted by atomic mass is 9.96. The fraction of sp³-hybridized carbons (Fsp3) is 0.353. The van der Waals surface area contributed by atoms with Gasteiger partial charge in [-0.15, -0.1) is 0 Å². The minimum Gasteiger partial charge on any atom is -0.369 e. The van der Waals surface area contributed by atoms with E-state index in [4.69, 9.17) is 5.73 Å². The van der Waals surface area contributed by atoms with E-state index in [-0.39, 0.29) is 23.4 Å². The molecule has 2 aromatic rings. The number of nitrogens with zero attached hydrogens (tertiary/aromatic N) is 3. The Morgan fingerprint density at radius 3 is 2.54 bits per heavy atom. The molecule has 0 saturated carbocycles. The van der Waals surface area contributed by atoms with Crippen molar-refractivity contribution in [2.24, 2.45) is 11.7 Å². The molecule has 2 amide bonds. The molecule has 3 rings (SSSR count). The van der Waals surface area contributed by atoms with Crippen LogP contribution in [0.5, 0.6) is 0 Å². The minimum atomic E-state index is -0.398. The number of carbonyl (C=O) groups excluding carboxylic acids is 2. The highest BCUT2D eigenvalue weighted by atomic mass is 19.1. The van der Waals surface area contributed by atoms with Crippen LogP contribution in [0.4, 0.5) is 4.39 Å². The van der Waals surface area contributed by atoms with Crippen LogP contribution in [-0.4, -0.2) is 39.6 Å². The van der Waals surface area contributed by atoms with Crippen LogP contribution < -0.4 is 5.73 Å². The Bertz CT molecular complexity index is 779. The summed E-state index contributed by atoms with van der Waals surface area (Å²) in [7, 11) is 0. The van der Waals surface area contributed by atoms with Crippen molar-refractivity contribution in [1.29, 1.82) is 0 Å². The summed E-state index contributed by atoms with van der Waals surface area (Å²) in [6.07, 6.45) is 1.13. The summed E-state index contributed by atoms with van der Waals surface area (Å²) in [6, 6.07) is 7.94. The molecule has 0 atom stereocenters. The first kappa shape index (κ1) is 16.2. The molecule has 2 N–H and O–H groups in total. The van der Waals surface area contributed by atoms with E-state index in [0.29, 0.717) is 37.3 Å². The van der Waals surface area contributed by atoms with Gasteiger partial charge < -0.3 is 10.6 Å². The molecule has 1 aromatic heterocycles. The Morgan fingerprint density at radius 2 is 1.92 bits per heavy atom. The van der Waals surface area contributed by atoms with Gasteiger partial charge >= 0.3 is 0 Å². The van der Waals surface area contributed by atoms with Gasteiger partial charge in [0.1, 0.15) is 11.5 Å². The summed E-state index contributed by atoms with van der Waals surface area (Å²) in [5.74, 6) is -1.10. The van der Waals surface area contributed by atoms with E-state index in [9.17, 15) is 14.0 Å². The van der Waals surface area contributed by atoms with Crippen LogP contribution in [0.1, 0.15) is 29.0 Å². The monoisotopic (exact) mass is 330 g/mol. The van der Waals surface area contributed by atoms with Crippen LogP contribution in [0.15, 0.2) is 30.3 Å². The number of carbonyl (C=O) groups is 2. The van der Waals surface area contributed by atoms with Gasteiger partial charge in [0, 0.05) is 24.7 Å². The Balaban J connectivity index is 1.79. The van der Waals surface area contributed by atoms with Gasteiger partial charge in [-0.05, 0) is 38.0 Å². The van der Waals surface area contributed by atoms with Crippen molar-refractivity contribution >= 4 is 11.8 Å². The predicted octanol–water partition coefficient (Wildman–Crippen LogP) is 1.66. The lowest BCUT2D eigenvalue weighted by Crippen LogP contribution is -2.41. The summed E-state index contributed by atoms with van der Waals surface area (Å²) >= 11 is 0. The van der Waals surface area contributed by atoms with Crippen LogP contribution >= 0.6 is 0 Å². The normalized spacial score (nSPS) is 15.5. The summed E-state index contributed by atoms with van der Waals surface area (Å²) in [4.78, 5) is 25.5. The molecule has 0 unspecified atom stereocenters. The molecule has 126 valence electrons. The molecule has 1 aliphatic rings. The Labute approximate surface area is 139 Å². The van der Waals surface area contributed by atoms with Crippen molar-refractivity contribution in [1.82, 2.24) is 14.7 Å². The standard InChI is InChI=1S/C17H19FN4O2/c1-11-10-14(20-22(11)15-5-3-2-4-13(15)18)17(24)21-8-6-12(7-9-21)16(19)23/h2-5,10,12H,6-9H2,1H3,(H2,19,23).